The minimum atomic E-state index is 0.208. The molecule has 0 heterocycles. The summed E-state index contributed by atoms with van der Waals surface area (Å²) in [6, 6.07) is 5.83. The van der Waals surface area contributed by atoms with Gasteiger partial charge in [0.15, 0.2) is 0 Å². The van der Waals surface area contributed by atoms with Crippen molar-refractivity contribution < 1.29 is 0 Å². The maximum Gasteiger partial charge on any atom is 0.208 e. The number of benzene rings is 1. The number of guanidine groups is 1. The standard InChI is InChI=1S/C8H11IN4/c1-5-2-3-6(4-7(5)9)12-8(10)13-11/h2-4H,11H2,1H3,(H3,10,12,13). The van der Waals surface area contributed by atoms with Crippen LogP contribution in [-0.4, -0.2) is 5.96 Å². The smallest absolute Gasteiger partial charge is 0.208 e. The number of aryl methyl sites for hydroxylation is 1. The molecule has 0 radical (unpaired) electrons. The van der Waals surface area contributed by atoms with Gasteiger partial charge >= 0.3 is 0 Å². The van der Waals surface area contributed by atoms with Gasteiger partial charge in [-0.05, 0) is 47.2 Å². The molecule has 0 aliphatic carbocycles. The van der Waals surface area contributed by atoms with Gasteiger partial charge in [0.25, 0.3) is 0 Å². The number of nitrogens with zero attached hydrogens (tertiary/aromatic N) is 1. The molecule has 0 aliphatic heterocycles. The highest BCUT2D eigenvalue weighted by atomic mass is 127. The van der Waals surface area contributed by atoms with Gasteiger partial charge in [0.1, 0.15) is 0 Å². The van der Waals surface area contributed by atoms with Crippen LogP contribution in [0.15, 0.2) is 23.2 Å². The molecule has 0 aromatic heterocycles. The Balaban J connectivity index is 2.98. The average molecular weight is 290 g/mol. The van der Waals surface area contributed by atoms with Crippen molar-refractivity contribution in [1.82, 2.24) is 5.43 Å². The van der Waals surface area contributed by atoms with Crippen LogP contribution in [0.25, 0.3) is 0 Å². The van der Waals surface area contributed by atoms with E-state index in [1.807, 2.05) is 25.1 Å². The summed E-state index contributed by atoms with van der Waals surface area (Å²) in [5, 5.41) is 0. The third-order valence-electron chi connectivity index (χ3n) is 1.55. The minimum absolute atomic E-state index is 0.208. The Kier molecular flexibility index (Phi) is 3.49. The normalized spacial score (nSPS) is 11.5. The zero-order valence-electron chi connectivity index (χ0n) is 7.21. The summed E-state index contributed by atoms with van der Waals surface area (Å²) < 4.78 is 1.16. The average Bonchev–Trinajstić information content (AvgIpc) is 2.11. The SMILES string of the molecule is Cc1ccc(N=C(N)NN)cc1I. The van der Waals surface area contributed by atoms with Gasteiger partial charge in [-0.25, -0.2) is 10.8 Å². The second-order valence-electron chi connectivity index (χ2n) is 2.57. The fourth-order valence-electron chi connectivity index (χ4n) is 0.823. The molecular formula is C8H11IN4. The first-order valence-electron chi connectivity index (χ1n) is 3.70. The number of hydrazine groups is 1. The van der Waals surface area contributed by atoms with Crippen LogP contribution in [0.5, 0.6) is 0 Å². The fraction of sp³-hybridized carbons (Fsp3) is 0.125. The summed E-state index contributed by atoms with van der Waals surface area (Å²) in [4.78, 5) is 4.03. The van der Waals surface area contributed by atoms with E-state index in [4.69, 9.17) is 11.6 Å². The third-order valence-corrected chi connectivity index (χ3v) is 2.72. The van der Waals surface area contributed by atoms with Crippen LogP contribution < -0.4 is 17.0 Å². The fourth-order valence-corrected chi connectivity index (χ4v) is 1.32. The van der Waals surface area contributed by atoms with E-state index in [1.165, 1.54) is 5.56 Å². The van der Waals surface area contributed by atoms with Crippen LogP contribution in [0.1, 0.15) is 5.56 Å². The van der Waals surface area contributed by atoms with Crippen molar-refractivity contribution in [3.8, 4) is 0 Å². The van der Waals surface area contributed by atoms with E-state index in [0.717, 1.165) is 9.26 Å². The van der Waals surface area contributed by atoms with E-state index in [0.29, 0.717) is 0 Å². The van der Waals surface area contributed by atoms with Gasteiger partial charge in [-0.15, -0.1) is 0 Å². The zero-order chi connectivity index (χ0) is 9.84. The number of nitrogens with one attached hydrogen (secondary N) is 1. The van der Waals surface area contributed by atoms with Crippen molar-refractivity contribution >= 4 is 34.2 Å². The molecule has 5 N–H and O–H groups in total. The molecular weight excluding hydrogens is 279 g/mol. The molecule has 0 saturated carbocycles. The molecule has 1 aromatic carbocycles. The van der Waals surface area contributed by atoms with Gasteiger partial charge < -0.3 is 5.73 Å². The maximum absolute atomic E-state index is 5.40. The lowest BCUT2D eigenvalue weighted by Crippen LogP contribution is -2.36. The summed E-state index contributed by atoms with van der Waals surface area (Å²) in [5.41, 5.74) is 9.70. The quantitative estimate of drug-likeness (QED) is 0.237. The molecule has 0 amide bonds. The monoisotopic (exact) mass is 290 g/mol. The molecule has 1 aromatic rings. The molecule has 0 saturated heterocycles. The van der Waals surface area contributed by atoms with E-state index in [-0.39, 0.29) is 5.96 Å². The summed E-state index contributed by atoms with van der Waals surface area (Å²) in [6.45, 7) is 2.04. The molecule has 0 aliphatic rings. The van der Waals surface area contributed by atoms with Crippen molar-refractivity contribution in [2.75, 3.05) is 0 Å². The lowest BCUT2D eigenvalue weighted by molar-refractivity contribution is 1.01. The van der Waals surface area contributed by atoms with E-state index in [2.05, 4.69) is 33.0 Å². The number of hydrogen-bond acceptors (Lipinski definition) is 2. The summed E-state index contributed by atoms with van der Waals surface area (Å²) in [7, 11) is 0. The first-order valence-corrected chi connectivity index (χ1v) is 4.78. The summed E-state index contributed by atoms with van der Waals surface area (Å²) in [6.07, 6.45) is 0. The van der Waals surface area contributed by atoms with Crippen LogP contribution in [0.2, 0.25) is 0 Å². The molecule has 4 nitrogen and oxygen atoms in total. The van der Waals surface area contributed by atoms with Crippen molar-refractivity contribution in [3.05, 3.63) is 27.3 Å². The van der Waals surface area contributed by atoms with Crippen LogP contribution in [-0.2, 0) is 0 Å². The second-order valence-corrected chi connectivity index (χ2v) is 3.74. The van der Waals surface area contributed by atoms with E-state index in [1.54, 1.807) is 0 Å². The maximum atomic E-state index is 5.40. The minimum Gasteiger partial charge on any atom is -0.369 e. The van der Waals surface area contributed by atoms with Crippen molar-refractivity contribution in [3.63, 3.8) is 0 Å². The Morgan fingerprint density at radius 3 is 2.77 bits per heavy atom. The predicted octanol–water partition coefficient (Wildman–Crippen LogP) is 1.01. The lowest BCUT2D eigenvalue weighted by atomic mass is 10.2. The van der Waals surface area contributed by atoms with Crippen molar-refractivity contribution in [2.45, 2.75) is 6.92 Å². The molecule has 1 rings (SSSR count). The van der Waals surface area contributed by atoms with E-state index < -0.39 is 0 Å². The zero-order valence-corrected chi connectivity index (χ0v) is 9.37. The molecule has 0 fully saturated rings. The molecule has 0 bridgehead atoms. The first-order chi connectivity index (χ1) is 6.13. The Bertz CT molecular complexity index is 335. The van der Waals surface area contributed by atoms with Crippen LogP contribution in [0.4, 0.5) is 5.69 Å². The number of nitrogens with two attached hydrogens (primary N) is 2. The second kappa shape index (κ2) is 4.43. The molecule has 70 valence electrons. The van der Waals surface area contributed by atoms with Gasteiger partial charge in [0.2, 0.25) is 5.96 Å². The number of aliphatic imine (C=N–C) groups is 1. The van der Waals surface area contributed by atoms with E-state index in [9.17, 15) is 0 Å². The van der Waals surface area contributed by atoms with Crippen LogP contribution in [0, 0.1) is 10.5 Å². The van der Waals surface area contributed by atoms with Gasteiger partial charge in [0.05, 0.1) is 5.69 Å². The predicted molar refractivity (Wildman–Crippen MR) is 62.5 cm³/mol. The largest absolute Gasteiger partial charge is 0.369 e. The Labute approximate surface area is 90.5 Å². The highest BCUT2D eigenvalue weighted by molar-refractivity contribution is 14.1. The third kappa shape index (κ3) is 2.85. The highest BCUT2D eigenvalue weighted by Crippen LogP contribution is 2.18. The Morgan fingerprint density at radius 1 is 1.54 bits per heavy atom. The van der Waals surface area contributed by atoms with Crippen LogP contribution >= 0.6 is 22.6 Å². The van der Waals surface area contributed by atoms with Crippen molar-refractivity contribution in [1.29, 1.82) is 0 Å². The van der Waals surface area contributed by atoms with Gasteiger partial charge in [-0.1, -0.05) is 6.07 Å². The molecule has 13 heavy (non-hydrogen) atoms. The lowest BCUT2D eigenvalue weighted by Gasteiger charge is -2.01. The first kappa shape index (κ1) is 10.3. The highest BCUT2D eigenvalue weighted by Gasteiger charge is 1.96. The number of rotatable bonds is 1. The Morgan fingerprint density at radius 2 is 2.23 bits per heavy atom. The number of hydrogen-bond donors (Lipinski definition) is 3. The van der Waals surface area contributed by atoms with Gasteiger partial charge in [-0.2, -0.15) is 0 Å². The number of halogens is 1. The van der Waals surface area contributed by atoms with Gasteiger partial charge in [-0.3, -0.25) is 5.43 Å². The molecule has 5 heteroatoms. The topological polar surface area (TPSA) is 76.4 Å². The molecule has 0 spiro atoms. The summed E-state index contributed by atoms with van der Waals surface area (Å²) >= 11 is 2.25. The van der Waals surface area contributed by atoms with Crippen LogP contribution in [0.3, 0.4) is 0 Å². The summed E-state index contributed by atoms with van der Waals surface area (Å²) in [5.74, 6) is 5.29. The molecule has 0 atom stereocenters. The molecule has 0 unspecified atom stereocenters. The van der Waals surface area contributed by atoms with Crippen molar-refractivity contribution in [2.24, 2.45) is 16.6 Å². The van der Waals surface area contributed by atoms with E-state index >= 15 is 0 Å². The Hall–Kier alpha value is -0.820. The van der Waals surface area contributed by atoms with Gasteiger partial charge in [0, 0.05) is 3.57 Å².